The van der Waals surface area contributed by atoms with E-state index in [0.29, 0.717) is 74.5 Å². The molecule has 2 aromatic carbocycles. The van der Waals surface area contributed by atoms with E-state index in [0.717, 1.165) is 64.7 Å². The molecule has 11 aromatic rings. The van der Waals surface area contributed by atoms with Gasteiger partial charge in [-0.2, -0.15) is 9.97 Å². The number of carbonyl (C=O) groups is 12. The highest BCUT2D eigenvalue weighted by Crippen LogP contribution is 2.32. The lowest BCUT2D eigenvalue weighted by atomic mass is 10.1. The van der Waals surface area contributed by atoms with Gasteiger partial charge in [-0.05, 0) is 69.7 Å². The van der Waals surface area contributed by atoms with Crippen LogP contribution >= 0.6 is 23.2 Å². The third-order valence-corrected chi connectivity index (χ3v) is 22.1. The zero-order valence-electron chi connectivity index (χ0n) is 77.0. The number of ketones is 2. The van der Waals surface area contributed by atoms with Crippen molar-refractivity contribution < 1.29 is 86.5 Å². The lowest BCUT2D eigenvalue weighted by molar-refractivity contribution is -0.697. The van der Waals surface area contributed by atoms with Gasteiger partial charge in [-0.1, -0.05) is 28.4 Å². The molecule has 9 heterocycles. The molecule has 0 aliphatic carbocycles. The van der Waals surface area contributed by atoms with Crippen molar-refractivity contribution in [1.29, 1.82) is 0 Å². The van der Waals surface area contributed by atoms with Crippen LogP contribution in [0.3, 0.4) is 0 Å². The highest BCUT2D eigenvalue weighted by molar-refractivity contribution is 6.31. The second-order valence-corrected chi connectivity index (χ2v) is 33.3. The molecule has 10 amide bonds. The number of fused-ring (bicyclic) bond motifs is 3. The van der Waals surface area contributed by atoms with Gasteiger partial charge in [-0.25, -0.2) is 39.1 Å². The molecule has 748 valence electrons. The number of imidazole rings is 2. The molecule has 0 unspecified atom stereocenters. The van der Waals surface area contributed by atoms with Crippen LogP contribution in [-0.2, 0) is 119 Å². The number of aliphatic hydroxyl groups is 2. The Balaban J connectivity index is 0.637. The molecule has 52 nitrogen and oxygen atoms in total. The molecule has 54 heteroatoms. The van der Waals surface area contributed by atoms with E-state index in [2.05, 4.69) is 92.1 Å². The van der Waals surface area contributed by atoms with Gasteiger partial charge in [0.2, 0.25) is 65.0 Å². The number of rotatable bonds is 54. The number of nitrogen functional groups attached to an aromatic ring is 2. The highest BCUT2D eigenvalue weighted by atomic mass is 35.5. The van der Waals surface area contributed by atoms with Crippen molar-refractivity contribution in [3.63, 3.8) is 0 Å². The van der Waals surface area contributed by atoms with E-state index in [4.69, 9.17) is 48.9 Å². The minimum Gasteiger partial charge on any atom is -0.488 e. The minimum absolute atomic E-state index is 0.0161. The van der Waals surface area contributed by atoms with Crippen LogP contribution in [0.1, 0.15) is 62.0 Å². The standard InChI is InChI=1S/C87H104Cl2N30O22/c1-51-32-116(87(138)107-82(51)134)41-73(130)112(26-18-93-69(126)37-114(33-59(44-120)99-54(4)123)75(132)40-113-24-16-67(90)103-86(113)137)39-71(128)100-60(45-121)34-115(76(133)43-118-50-98-78-81(118)105-85(91)106-84(78)136)38-70(127)92-17-25-111(74(131)42-117-49-97-77-52(2)95-48-96-80(77)117)36-61(124)9-11-64(53(3)122)101-72(129)47-140-29-28-139-27-19-94-68(125)13-8-58-35-119(109-108-58)21-5-20-110-22-14-55(15-23-110)46-141-66-12-7-57(89)31-63(66)79-102-65-10-6-56(88)30-62(65)83(135)104-79/h6-7,10,12,14-16,22-24,30-32,35,48-50,59-60,64,120-121H,5,8-9,11,13,17-21,25-29,33-34,36-47H2,1-4H3,(H12-,90,91,92,93,94,99,100,101,102,103,104,105,106,107,123,125,126,127,128,129,134,135,136,137,138)/p+1/t59-,60-,64+/m0/s1. The van der Waals surface area contributed by atoms with Crippen LogP contribution in [0.15, 0.2) is 129 Å². The molecule has 0 saturated carbocycles. The Morgan fingerprint density at radius 1 is 0.589 bits per heavy atom. The maximum Gasteiger partial charge on any atom is 0.349 e. The monoisotopic (exact) mass is 1990 g/mol. The summed E-state index contributed by atoms with van der Waals surface area (Å²) in [4.78, 5) is 268. The molecule has 15 N–H and O–H groups in total. The summed E-state index contributed by atoms with van der Waals surface area (Å²) in [6.07, 6.45) is 12.2. The number of pyridine rings is 1. The van der Waals surface area contributed by atoms with Crippen molar-refractivity contribution in [2.45, 2.75) is 124 Å². The van der Waals surface area contributed by atoms with Crippen molar-refractivity contribution in [2.24, 2.45) is 0 Å². The van der Waals surface area contributed by atoms with Gasteiger partial charge in [0.25, 0.3) is 16.7 Å². The zero-order chi connectivity index (χ0) is 102. The molecule has 0 bridgehead atoms. The predicted molar refractivity (Wildman–Crippen MR) is 501 cm³/mol. The molecule has 0 radical (unpaired) electrons. The van der Waals surface area contributed by atoms with Gasteiger partial charge in [0.05, 0.1) is 118 Å². The number of hydrogen-bond donors (Lipinski definition) is 13. The molecular formula is C87H105Cl2N30O22+. The number of aromatic nitrogens is 18. The molecule has 11 rings (SSSR count). The number of nitrogens with two attached hydrogens (primary N) is 2. The van der Waals surface area contributed by atoms with Crippen LogP contribution in [0.25, 0.3) is 44.6 Å². The first-order valence-corrected chi connectivity index (χ1v) is 44.9. The number of ether oxygens (including phenoxy) is 3. The number of aliphatic hydroxyl groups excluding tert-OH is 2. The summed E-state index contributed by atoms with van der Waals surface area (Å²) in [7, 11) is 0. The molecule has 0 fully saturated rings. The lowest BCUT2D eigenvalue weighted by Gasteiger charge is -2.29. The van der Waals surface area contributed by atoms with E-state index in [-0.39, 0.29) is 104 Å². The lowest BCUT2D eigenvalue weighted by Crippen LogP contribution is -2.54. The van der Waals surface area contributed by atoms with Crippen LogP contribution in [0.4, 0.5) is 11.8 Å². The Kier molecular flexibility index (Phi) is 38.2. The number of Topliss-reactive ketones (excluding diaryl/α,β-unsaturated/α-hetero) is 2. The van der Waals surface area contributed by atoms with Crippen molar-refractivity contribution >= 4 is 139 Å². The van der Waals surface area contributed by atoms with Gasteiger partial charge < -0.3 is 102 Å². The van der Waals surface area contributed by atoms with E-state index in [9.17, 15) is 91.7 Å². The van der Waals surface area contributed by atoms with Crippen LogP contribution in [0.5, 0.6) is 5.75 Å². The predicted octanol–water partition coefficient (Wildman–Crippen LogP) is -4.97. The van der Waals surface area contributed by atoms with Crippen LogP contribution in [-0.4, -0.2) is 313 Å². The third-order valence-electron chi connectivity index (χ3n) is 21.6. The summed E-state index contributed by atoms with van der Waals surface area (Å²) in [5.41, 5.74) is 10.9. The number of anilines is 2. The molecule has 0 aliphatic heterocycles. The molecule has 0 saturated heterocycles. The molecule has 0 spiro atoms. The fourth-order valence-electron chi connectivity index (χ4n) is 14.4. The number of benzene rings is 2. The van der Waals surface area contributed by atoms with E-state index in [1.165, 1.54) is 43.3 Å². The van der Waals surface area contributed by atoms with Gasteiger partial charge >= 0.3 is 11.4 Å². The fourth-order valence-corrected chi connectivity index (χ4v) is 14.7. The summed E-state index contributed by atoms with van der Waals surface area (Å²) in [6, 6.07) is 11.3. The average Bonchev–Trinajstić information content (AvgIpc) is 1.35. The number of halogens is 2. The summed E-state index contributed by atoms with van der Waals surface area (Å²) >= 11 is 12.5. The second kappa shape index (κ2) is 51.0. The van der Waals surface area contributed by atoms with Gasteiger partial charge in [-0.3, -0.25) is 95.7 Å². The SMILES string of the molecule is CC(=O)N[C@H](CO)CN(CC(=O)NCCN(CC(=O)N[C@H](CO)CN(CC(=O)NCCN(CC(=O)CC[C@@H](NC(=O)COCCOCCNC(=O)CCc1cn(CCC[n+]2ccc(COc3ccc(Cl)cc3-c3nc4ccc(Cl)cc4c(=O)[nH]3)cc2)nn1)C(C)=O)C(=O)Cn1cnc2c(C)ncnc21)C(=O)Cn1cnc2c(=O)[nH]c(N)nc21)C(=O)Cn1cc(C)c(=O)[nH]c1=O)C(=O)Cn1ccc(N)nc1=O. The number of nitrogens with zero attached hydrogens (tertiary/aromatic N) is 19. The topological polar surface area (TPSA) is 687 Å². The van der Waals surface area contributed by atoms with Crippen LogP contribution < -0.4 is 80.7 Å². The van der Waals surface area contributed by atoms with Gasteiger partial charge in [0.15, 0.2) is 40.8 Å². The first-order chi connectivity index (χ1) is 67.5. The number of carbonyl (C=O) groups excluding carboxylic acids is 12. The number of H-pyrrole nitrogens is 3. The summed E-state index contributed by atoms with van der Waals surface area (Å²) < 4.78 is 25.3. The van der Waals surface area contributed by atoms with Gasteiger partial charge in [-0.15, -0.1) is 5.10 Å². The van der Waals surface area contributed by atoms with E-state index < -0.39 is 210 Å². The Morgan fingerprint density at radius 2 is 1.21 bits per heavy atom. The Morgan fingerprint density at radius 3 is 1.89 bits per heavy atom. The van der Waals surface area contributed by atoms with Crippen molar-refractivity contribution in [2.75, 3.05) is 123 Å². The molecule has 141 heavy (non-hydrogen) atoms. The van der Waals surface area contributed by atoms with Crippen molar-refractivity contribution in [3.8, 4) is 17.1 Å². The maximum absolute atomic E-state index is 14.6. The number of amides is 10. The number of hydrogen-bond acceptors (Lipinski definition) is 33. The van der Waals surface area contributed by atoms with Crippen LogP contribution in [0.2, 0.25) is 10.0 Å². The summed E-state index contributed by atoms with van der Waals surface area (Å²) in [5.74, 6) is -8.64. The number of aryl methyl sites for hydroxylation is 5. The summed E-state index contributed by atoms with van der Waals surface area (Å²) in [6.45, 7) is -3.72. The van der Waals surface area contributed by atoms with Crippen molar-refractivity contribution in [1.82, 2.24) is 135 Å². The molecule has 0 aliphatic rings. The van der Waals surface area contributed by atoms with Gasteiger partial charge in [0, 0.05) is 137 Å². The third kappa shape index (κ3) is 31.6. The largest absolute Gasteiger partial charge is 0.488 e. The molecular weight excluding hydrogens is 1890 g/mol. The average molecular weight is 1990 g/mol. The maximum atomic E-state index is 14.6. The van der Waals surface area contributed by atoms with E-state index >= 15 is 0 Å². The molecule has 9 aromatic heterocycles. The number of nitrogens with one attached hydrogen (secondary N) is 9. The normalized spacial score (nSPS) is 11.9. The first-order valence-electron chi connectivity index (χ1n) is 44.1. The van der Waals surface area contributed by atoms with Crippen LogP contribution in [0, 0.1) is 13.8 Å². The van der Waals surface area contributed by atoms with E-state index in [1.807, 2.05) is 29.1 Å². The highest BCUT2D eigenvalue weighted by Gasteiger charge is 2.31. The molecule has 3 atom stereocenters. The fraction of sp³-hybridized carbons (Fsp3) is 0.414. The Labute approximate surface area is 809 Å². The van der Waals surface area contributed by atoms with Crippen molar-refractivity contribution in [3.05, 3.63) is 189 Å². The second-order valence-electron chi connectivity index (χ2n) is 32.5. The summed E-state index contributed by atoms with van der Waals surface area (Å²) in [5, 5.41) is 46.0. The van der Waals surface area contributed by atoms with Gasteiger partial charge in [0.1, 0.15) is 75.2 Å². The smallest absolute Gasteiger partial charge is 0.349 e. The first kappa shape index (κ1) is 106. The quantitative estimate of drug-likeness (QED) is 0.0125. The zero-order valence-corrected chi connectivity index (χ0v) is 78.5. The minimum atomic E-state index is -1.49. The Bertz CT molecular complexity index is 6720. The number of aromatic amines is 3. The Hall–Kier alpha value is -15.8. The van der Waals surface area contributed by atoms with E-state index in [1.54, 1.807) is 54.2 Å².